The Morgan fingerprint density at radius 2 is 2.24 bits per heavy atom. The van der Waals surface area contributed by atoms with Crippen molar-refractivity contribution < 1.29 is 19.2 Å². The minimum Gasteiger partial charge on any atom is -0.471 e. The van der Waals surface area contributed by atoms with Gasteiger partial charge in [0.2, 0.25) is 10.4 Å². The average molecular weight is 305 g/mol. The van der Waals surface area contributed by atoms with E-state index < -0.39 is 22.8 Å². The molecule has 17 heavy (non-hydrogen) atoms. The second-order valence-corrected chi connectivity index (χ2v) is 3.81. The molecule has 0 fully saturated rings. The van der Waals surface area contributed by atoms with Crippen molar-refractivity contribution in [3.63, 3.8) is 0 Å². The summed E-state index contributed by atoms with van der Waals surface area (Å²) in [5.74, 6) is -1.17. The van der Waals surface area contributed by atoms with Gasteiger partial charge >= 0.3 is 11.8 Å². The summed E-state index contributed by atoms with van der Waals surface area (Å²) >= 11 is 3.01. The predicted molar refractivity (Wildman–Crippen MR) is 60.7 cm³/mol. The molecule has 1 aromatic rings. The normalized spacial score (nSPS) is 11.7. The lowest BCUT2D eigenvalue weighted by Crippen LogP contribution is -2.25. The number of nitrogens with zero attached hydrogens (tertiary/aromatic N) is 2. The van der Waals surface area contributed by atoms with Crippen LogP contribution in [0.5, 0.6) is 5.75 Å². The Morgan fingerprint density at radius 1 is 1.59 bits per heavy atom. The third-order valence-electron chi connectivity index (χ3n) is 1.82. The second kappa shape index (κ2) is 5.58. The molecule has 0 aliphatic carbocycles. The quantitative estimate of drug-likeness (QED) is 0.364. The van der Waals surface area contributed by atoms with Gasteiger partial charge in [0.25, 0.3) is 0 Å². The standard InChI is InChI=1S/C9H9BrN2O5/c1-5(9(13)16-2)17-6-3-4-7(10)11-8(6)12(14)15/h3-5H,1-2H3/t5-/m0/s1. The number of rotatable bonds is 4. The molecule has 0 bridgehead atoms. The summed E-state index contributed by atoms with van der Waals surface area (Å²) in [6.45, 7) is 1.43. The van der Waals surface area contributed by atoms with Crippen LogP contribution in [0.4, 0.5) is 5.82 Å². The summed E-state index contributed by atoms with van der Waals surface area (Å²) in [6.07, 6.45) is -0.943. The maximum Gasteiger partial charge on any atom is 0.407 e. The Bertz CT molecular complexity index is 451. The molecule has 0 aliphatic rings. The van der Waals surface area contributed by atoms with Gasteiger partial charge in [-0.15, -0.1) is 0 Å². The Balaban J connectivity index is 2.98. The molecular weight excluding hydrogens is 296 g/mol. The van der Waals surface area contributed by atoms with Crippen LogP contribution in [0, 0.1) is 10.1 Å². The zero-order valence-corrected chi connectivity index (χ0v) is 10.6. The molecule has 0 spiro atoms. The monoisotopic (exact) mass is 304 g/mol. The molecule has 1 rings (SSSR count). The highest BCUT2D eigenvalue weighted by atomic mass is 79.9. The van der Waals surface area contributed by atoms with Crippen molar-refractivity contribution >= 4 is 27.7 Å². The maximum absolute atomic E-state index is 11.1. The van der Waals surface area contributed by atoms with Crippen LogP contribution < -0.4 is 4.74 Å². The Morgan fingerprint density at radius 3 is 2.76 bits per heavy atom. The first-order valence-corrected chi connectivity index (χ1v) is 5.30. The first-order chi connectivity index (χ1) is 7.95. The molecule has 7 nitrogen and oxygen atoms in total. The number of nitro groups is 1. The average Bonchev–Trinajstić information content (AvgIpc) is 2.29. The SMILES string of the molecule is COC(=O)[C@H](C)Oc1ccc(Br)nc1[N+](=O)[O-]. The zero-order valence-electron chi connectivity index (χ0n) is 9.05. The Hall–Kier alpha value is -1.70. The van der Waals surface area contributed by atoms with Gasteiger partial charge in [0.1, 0.15) is 0 Å². The van der Waals surface area contributed by atoms with Crippen molar-refractivity contribution in [2.75, 3.05) is 7.11 Å². The fraction of sp³-hybridized carbons (Fsp3) is 0.333. The van der Waals surface area contributed by atoms with E-state index in [1.54, 1.807) is 0 Å². The van der Waals surface area contributed by atoms with E-state index in [2.05, 4.69) is 25.7 Å². The lowest BCUT2D eigenvalue weighted by molar-refractivity contribution is -0.390. The highest BCUT2D eigenvalue weighted by Crippen LogP contribution is 2.27. The second-order valence-electron chi connectivity index (χ2n) is 3.00. The number of esters is 1. The van der Waals surface area contributed by atoms with Gasteiger partial charge in [-0.3, -0.25) is 0 Å². The highest BCUT2D eigenvalue weighted by molar-refractivity contribution is 9.10. The first kappa shape index (κ1) is 13.4. The molecule has 0 unspecified atom stereocenters. The van der Waals surface area contributed by atoms with E-state index in [1.807, 2.05) is 0 Å². The van der Waals surface area contributed by atoms with Crippen molar-refractivity contribution in [3.05, 3.63) is 26.9 Å². The summed E-state index contributed by atoms with van der Waals surface area (Å²) in [7, 11) is 1.20. The summed E-state index contributed by atoms with van der Waals surface area (Å²) in [5.41, 5.74) is 0. The van der Waals surface area contributed by atoms with Crippen LogP contribution in [-0.4, -0.2) is 29.1 Å². The van der Waals surface area contributed by atoms with Gasteiger partial charge in [-0.2, -0.15) is 0 Å². The van der Waals surface area contributed by atoms with Gasteiger partial charge in [0, 0.05) is 22.0 Å². The number of hydrogen-bond donors (Lipinski definition) is 0. The molecule has 8 heteroatoms. The van der Waals surface area contributed by atoms with Gasteiger partial charge in [-0.1, -0.05) is 0 Å². The first-order valence-electron chi connectivity index (χ1n) is 4.51. The van der Waals surface area contributed by atoms with Gasteiger partial charge < -0.3 is 19.6 Å². The highest BCUT2D eigenvalue weighted by Gasteiger charge is 2.23. The van der Waals surface area contributed by atoms with E-state index in [0.717, 1.165) is 0 Å². The summed E-state index contributed by atoms with van der Waals surface area (Å²) in [5, 5.41) is 10.7. The molecule has 0 saturated heterocycles. The molecule has 92 valence electrons. The smallest absolute Gasteiger partial charge is 0.407 e. The molecule has 1 aromatic heterocycles. The third-order valence-corrected chi connectivity index (χ3v) is 2.26. The fourth-order valence-electron chi connectivity index (χ4n) is 1.04. The van der Waals surface area contributed by atoms with Gasteiger partial charge in [-0.05, 0) is 22.9 Å². The number of hydrogen-bond acceptors (Lipinski definition) is 6. The van der Waals surface area contributed by atoms with E-state index in [1.165, 1.54) is 26.2 Å². The van der Waals surface area contributed by atoms with Crippen molar-refractivity contribution in [1.82, 2.24) is 4.98 Å². The van der Waals surface area contributed by atoms with Crippen LogP contribution in [0.3, 0.4) is 0 Å². The minimum atomic E-state index is -0.943. The van der Waals surface area contributed by atoms with E-state index >= 15 is 0 Å². The summed E-state index contributed by atoms with van der Waals surface area (Å²) in [4.78, 5) is 24.8. The van der Waals surface area contributed by atoms with Crippen molar-refractivity contribution in [2.24, 2.45) is 0 Å². The number of pyridine rings is 1. The van der Waals surface area contributed by atoms with Crippen LogP contribution in [0.25, 0.3) is 0 Å². The topological polar surface area (TPSA) is 91.6 Å². The van der Waals surface area contributed by atoms with Crippen molar-refractivity contribution in [2.45, 2.75) is 13.0 Å². The largest absolute Gasteiger partial charge is 0.471 e. The van der Waals surface area contributed by atoms with E-state index in [-0.39, 0.29) is 5.75 Å². The number of carbonyl (C=O) groups is 1. The van der Waals surface area contributed by atoms with Crippen LogP contribution in [0.1, 0.15) is 6.92 Å². The predicted octanol–water partition coefficient (Wildman–Crippen LogP) is 1.69. The number of carbonyl (C=O) groups excluding carboxylic acids is 1. The Kier molecular flexibility index (Phi) is 4.38. The summed E-state index contributed by atoms with van der Waals surface area (Å²) < 4.78 is 9.87. The number of aromatic nitrogens is 1. The van der Waals surface area contributed by atoms with Crippen molar-refractivity contribution in [1.29, 1.82) is 0 Å². The number of methoxy groups -OCH3 is 1. The fourth-order valence-corrected chi connectivity index (χ4v) is 1.34. The number of ether oxygens (including phenoxy) is 2. The molecule has 0 N–H and O–H groups in total. The molecule has 0 aliphatic heterocycles. The van der Waals surface area contributed by atoms with Crippen LogP contribution >= 0.6 is 15.9 Å². The van der Waals surface area contributed by atoms with Crippen LogP contribution in [-0.2, 0) is 9.53 Å². The molecule has 0 amide bonds. The van der Waals surface area contributed by atoms with Gasteiger partial charge in [0.05, 0.1) is 7.11 Å². The summed E-state index contributed by atoms with van der Waals surface area (Å²) in [6, 6.07) is 2.83. The molecule has 0 radical (unpaired) electrons. The third kappa shape index (κ3) is 3.38. The van der Waals surface area contributed by atoms with Gasteiger partial charge in [0.15, 0.2) is 6.10 Å². The lowest BCUT2D eigenvalue weighted by Gasteiger charge is -2.11. The molecule has 1 heterocycles. The molecular formula is C9H9BrN2O5. The van der Waals surface area contributed by atoms with E-state index in [0.29, 0.717) is 4.60 Å². The van der Waals surface area contributed by atoms with E-state index in [4.69, 9.17) is 4.74 Å². The molecule has 0 aromatic carbocycles. The van der Waals surface area contributed by atoms with Crippen LogP contribution in [0.15, 0.2) is 16.7 Å². The number of halogens is 1. The Labute approximate surface area is 105 Å². The lowest BCUT2D eigenvalue weighted by atomic mass is 10.4. The zero-order chi connectivity index (χ0) is 13.0. The minimum absolute atomic E-state index is 0.0869. The van der Waals surface area contributed by atoms with E-state index in [9.17, 15) is 14.9 Å². The molecule has 0 saturated carbocycles. The van der Waals surface area contributed by atoms with Gasteiger partial charge in [-0.25, -0.2) is 4.79 Å². The van der Waals surface area contributed by atoms with Crippen LogP contribution in [0.2, 0.25) is 0 Å². The molecule has 1 atom stereocenters. The van der Waals surface area contributed by atoms with Crippen molar-refractivity contribution in [3.8, 4) is 5.75 Å². The maximum atomic E-state index is 11.1.